The first-order chi connectivity index (χ1) is 16.1. The van der Waals surface area contributed by atoms with Gasteiger partial charge in [0.15, 0.2) is 8.15 Å². The third kappa shape index (κ3) is 5.43. The Morgan fingerprint density at radius 2 is 1.03 bits per heavy atom. The Labute approximate surface area is 206 Å². The third-order valence-electron chi connectivity index (χ3n) is 6.01. The molecule has 1 nitrogen and oxygen atoms in total. The van der Waals surface area contributed by atoms with E-state index in [0.29, 0.717) is 0 Å². The maximum Gasteiger partial charge on any atom is 0.150 e. The molecule has 0 radical (unpaired) electrons. The van der Waals surface area contributed by atoms with Gasteiger partial charge in [0.25, 0.3) is 0 Å². The van der Waals surface area contributed by atoms with Crippen LogP contribution >= 0.6 is 8.15 Å². The minimum absolute atomic E-state index is 0.0334. The summed E-state index contributed by atoms with van der Waals surface area (Å²) in [6.45, 7) is 13.7. The standard InChI is InChI=1S/C32H35OP/c1-31(2,3)25-22-28(24-16-10-7-11-17-24)30(29(23-25)32(4,5)6)33-34(26-18-12-8-13-19-26)27-20-14-9-15-21-27/h7-23H,1-6H3. The first-order valence-electron chi connectivity index (χ1n) is 12.0. The van der Waals surface area contributed by atoms with Gasteiger partial charge in [0, 0.05) is 21.7 Å². The van der Waals surface area contributed by atoms with Crippen LogP contribution in [0.4, 0.5) is 0 Å². The van der Waals surface area contributed by atoms with Gasteiger partial charge in [-0.3, -0.25) is 0 Å². The molecule has 0 aromatic heterocycles. The zero-order chi connectivity index (χ0) is 24.3. The second-order valence-electron chi connectivity index (χ2n) is 10.8. The smallest absolute Gasteiger partial charge is 0.150 e. The largest absolute Gasteiger partial charge is 0.464 e. The summed E-state index contributed by atoms with van der Waals surface area (Å²) >= 11 is 0. The van der Waals surface area contributed by atoms with E-state index in [0.717, 1.165) is 11.3 Å². The molecule has 0 heterocycles. The van der Waals surface area contributed by atoms with Gasteiger partial charge in [-0.2, -0.15) is 0 Å². The van der Waals surface area contributed by atoms with Gasteiger partial charge in [0.05, 0.1) is 0 Å². The fraction of sp³-hybridized carbons (Fsp3) is 0.250. The second-order valence-corrected chi connectivity index (χ2v) is 12.6. The lowest BCUT2D eigenvalue weighted by atomic mass is 9.78. The maximum atomic E-state index is 7.16. The minimum atomic E-state index is -1.03. The van der Waals surface area contributed by atoms with E-state index in [2.05, 4.69) is 145 Å². The Balaban J connectivity index is 1.98. The van der Waals surface area contributed by atoms with Crippen molar-refractivity contribution >= 4 is 18.8 Å². The number of hydrogen-bond acceptors (Lipinski definition) is 1. The quantitative estimate of drug-likeness (QED) is 0.268. The van der Waals surface area contributed by atoms with Gasteiger partial charge in [-0.25, -0.2) is 0 Å². The second kappa shape index (κ2) is 9.77. The van der Waals surface area contributed by atoms with Crippen LogP contribution in [0, 0.1) is 0 Å². The Bertz CT molecular complexity index is 1180. The van der Waals surface area contributed by atoms with E-state index in [1.54, 1.807) is 0 Å². The zero-order valence-electron chi connectivity index (χ0n) is 21.2. The summed E-state index contributed by atoms with van der Waals surface area (Å²) in [6.07, 6.45) is 0. The van der Waals surface area contributed by atoms with Crippen molar-refractivity contribution in [2.45, 2.75) is 52.4 Å². The Morgan fingerprint density at radius 3 is 1.47 bits per heavy atom. The number of hydrogen-bond donors (Lipinski definition) is 0. The zero-order valence-corrected chi connectivity index (χ0v) is 22.1. The van der Waals surface area contributed by atoms with Crippen LogP contribution in [-0.4, -0.2) is 0 Å². The van der Waals surface area contributed by atoms with E-state index in [9.17, 15) is 0 Å². The van der Waals surface area contributed by atoms with Gasteiger partial charge in [-0.15, -0.1) is 0 Å². The molecule has 4 aromatic rings. The molecule has 4 rings (SSSR count). The van der Waals surface area contributed by atoms with Crippen LogP contribution < -0.4 is 15.1 Å². The molecule has 0 aliphatic heterocycles. The topological polar surface area (TPSA) is 9.23 Å². The molecule has 0 unspecified atom stereocenters. The lowest BCUT2D eigenvalue weighted by molar-refractivity contribution is 0.533. The molecule has 0 N–H and O–H groups in total. The molecule has 4 aromatic carbocycles. The molecular weight excluding hydrogens is 431 g/mol. The third-order valence-corrected chi connectivity index (χ3v) is 7.91. The van der Waals surface area contributed by atoms with Crippen molar-refractivity contribution in [2.75, 3.05) is 0 Å². The highest BCUT2D eigenvalue weighted by molar-refractivity contribution is 7.68. The SMILES string of the molecule is CC(C)(C)c1cc(-c2ccccc2)c(OP(c2ccccc2)c2ccccc2)c(C(C)(C)C)c1. The van der Waals surface area contributed by atoms with E-state index in [1.165, 1.54) is 27.3 Å². The van der Waals surface area contributed by atoms with Crippen LogP contribution in [0.5, 0.6) is 5.75 Å². The summed E-state index contributed by atoms with van der Waals surface area (Å²) in [6, 6.07) is 36.6. The highest BCUT2D eigenvalue weighted by atomic mass is 31.1. The van der Waals surface area contributed by atoms with Crippen LogP contribution in [0.3, 0.4) is 0 Å². The van der Waals surface area contributed by atoms with Crippen molar-refractivity contribution in [3.05, 3.63) is 114 Å². The van der Waals surface area contributed by atoms with Crippen molar-refractivity contribution in [1.29, 1.82) is 0 Å². The van der Waals surface area contributed by atoms with E-state index < -0.39 is 8.15 Å². The number of benzene rings is 4. The highest BCUT2D eigenvalue weighted by Crippen LogP contribution is 2.48. The first-order valence-corrected chi connectivity index (χ1v) is 13.2. The van der Waals surface area contributed by atoms with Crippen molar-refractivity contribution in [1.82, 2.24) is 0 Å². The van der Waals surface area contributed by atoms with Gasteiger partial charge in [0.2, 0.25) is 0 Å². The normalized spacial score (nSPS) is 12.1. The summed E-state index contributed by atoms with van der Waals surface area (Å²) < 4.78 is 7.16. The van der Waals surface area contributed by atoms with Crippen molar-refractivity contribution in [3.8, 4) is 16.9 Å². The molecule has 0 spiro atoms. The van der Waals surface area contributed by atoms with Gasteiger partial charge in [-0.1, -0.05) is 139 Å². The molecule has 0 fully saturated rings. The molecule has 0 aliphatic carbocycles. The molecule has 0 saturated carbocycles. The minimum Gasteiger partial charge on any atom is -0.464 e. The Hall–Kier alpha value is -2.89. The summed E-state index contributed by atoms with van der Waals surface area (Å²) in [5, 5.41) is 2.42. The molecule has 0 atom stereocenters. The highest BCUT2D eigenvalue weighted by Gasteiger charge is 2.29. The Morgan fingerprint density at radius 1 is 0.559 bits per heavy atom. The van der Waals surface area contributed by atoms with Crippen LogP contribution in [0.1, 0.15) is 52.7 Å². The Kier molecular flexibility index (Phi) is 6.96. The summed E-state index contributed by atoms with van der Waals surface area (Å²) in [4.78, 5) is 0. The molecule has 0 saturated heterocycles. The molecule has 0 bridgehead atoms. The van der Waals surface area contributed by atoms with Crippen LogP contribution in [0.15, 0.2) is 103 Å². The van der Waals surface area contributed by atoms with Gasteiger partial charge in [0.1, 0.15) is 5.75 Å². The fourth-order valence-corrected chi connectivity index (χ4v) is 5.80. The lowest BCUT2D eigenvalue weighted by Crippen LogP contribution is -2.20. The molecule has 2 heteroatoms. The van der Waals surface area contributed by atoms with E-state index in [-0.39, 0.29) is 10.8 Å². The fourth-order valence-electron chi connectivity index (χ4n) is 4.02. The number of rotatable bonds is 5. The summed E-state index contributed by atoms with van der Waals surface area (Å²) in [5.41, 5.74) is 4.88. The van der Waals surface area contributed by atoms with Crippen LogP contribution in [-0.2, 0) is 10.8 Å². The monoisotopic (exact) mass is 466 g/mol. The molecule has 174 valence electrons. The van der Waals surface area contributed by atoms with Gasteiger partial charge < -0.3 is 4.52 Å². The molecule has 34 heavy (non-hydrogen) atoms. The maximum absolute atomic E-state index is 7.16. The van der Waals surface area contributed by atoms with E-state index in [1.807, 2.05) is 0 Å². The van der Waals surface area contributed by atoms with Crippen LogP contribution in [0.2, 0.25) is 0 Å². The predicted molar refractivity (Wildman–Crippen MR) is 149 cm³/mol. The molecule has 0 amide bonds. The van der Waals surface area contributed by atoms with E-state index >= 15 is 0 Å². The average Bonchev–Trinajstić information content (AvgIpc) is 2.82. The summed E-state index contributed by atoms with van der Waals surface area (Å²) in [5.74, 6) is 0.991. The van der Waals surface area contributed by atoms with Crippen molar-refractivity contribution in [2.24, 2.45) is 0 Å². The predicted octanol–water partition coefficient (Wildman–Crippen LogP) is 8.38. The van der Waals surface area contributed by atoms with Gasteiger partial charge >= 0.3 is 0 Å². The average molecular weight is 467 g/mol. The van der Waals surface area contributed by atoms with E-state index in [4.69, 9.17) is 4.52 Å². The first kappa shape index (κ1) is 24.2. The van der Waals surface area contributed by atoms with Crippen LogP contribution in [0.25, 0.3) is 11.1 Å². The van der Waals surface area contributed by atoms with Crippen molar-refractivity contribution < 1.29 is 4.52 Å². The molecular formula is C32H35OP. The van der Waals surface area contributed by atoms with Crippen molar-refractivity contribution in [3.63, 3.8) is 0 Å². The summed E-state index contributed by atoms with van der Waals surface area (Å²) in [7, 11) is -1.03. The lowest BCUT2D eigenvalue weighted by Gasteiger charge is -2.31. The molecule has 0 aliphatic rings. The van der Waals surface area contributed by atoms with Gasteiger partial charge in [-0.05, 0) is 28.0 Å².